The van der Waals surface area contributed by atoms with Gasteiger partial charge in [0.1, 0.15) is 0 Å². The number of hydrogen-bond acceptors (Lipinski definition) is 4. The van der Waals surface area contributed by atoms with Crippen LogP contribution in [-0.2, 0) is 23.1 Å². The van der Waals surface area contributed by atoms with E-state index in [0.717, 1.165) is 11.1 Å². The minimum absolute atomic E-state index is 0.202. The molecule has 2 aromatic rings. The largest absolute Gasteiger partial charge is 0.326 e. The second kappa shape index (κ2) is 5.64. The molecular weight excluding hydrogens is 276 g/mol. The molecular formula is C13H18N4O2S. The van der Waals surface area contributed by atoms with Crippen molar-refractivity contribution < 1.29 is 8.42 Å². The second-order valence-electron chi connectivity index (χ2n) is 4.48. The number of aryl methyl sites for hydroxylation is 2. The molecule has 3 N–H and O–H groups in total. The van der Waals surface area contributed by atoms with Crippen molar-refractivity contribution in [3.8, 4) is 0 Å². The standard InChI is InChI=1S/C13H18N4O2S/c1-3-17-9-12(8-15-17)16-20(18,19)13-5-4-10(2)11(6-13)7-14/h4-6,8-9,16H,3,7,14H2,1-2H3. The van der Waals surface area contributed by atoms with Crippen molar-refractivity contribution in [3.63, 3.8) is 0 Å². The molecule has 0 fully saturated rings. The molecule has 7 heteroatoms. The van der Waals surface area contributed by atoms with E-state index in [1.165, 1.54) is 6.20 Å². The van der Waals surface area contributed by atoms with Crippen molar-refractivity contribution in [1.82, 2.24) is 9.78 Å². The molecule has 0 bridgehead atoms. The molecule has 1 aromatic heterocycles. The van der Waals surface area contributed by atoms with Crippen LogP contribution in [0.1, 0.15) is 18.1 Å². The molecule has 2 rings (SSSR count). The quantitative estimate of drug-likeness (QED) is 0.873. The third-order valence-electron chi connectivity index (χ3n) is 3.06. The van der Waals surface area contributed by atoms with Crippen molar-refractivity contribution in [2.24, 2.45) is 5.73 Å². The Morgan fingerprint density at radius 2 is 2.15 bits per heavy atom. The molecule has 20 heavy (non-hydrogen) atoms. The molecule has 0 aliphatic rings. The zero-order valence-electron chi connectivity index (χ0n) is 11.5. The number of nitrogens with zero attached hydrogens (tertiary/aromatic N) is 2. The van der Waals surface area contributed by atoms with E-state index < -0.39 is 10.0 Å². The van der Waals surface area contributed by atoms with Crippen LogP contribution in [0.5, 0.6) is 0 Å². The van der Waals surface area contributed by atoms with E-state index in [0.29, 0.717) is 18.8 Å². The van der Waals surface area contributed by atoms with Crippen LogP contribution < -0.4 is 10.5 Å². The van der Waals surface area contributed by atoms with Crippen molar-refractivity contribution in [1.29, 1.82) is 0 Å². The average Bonchev–Trinajstić information content (AvgIpc) is 2.86. The van der Waals surface area contributed by atoms with Gasteiger partial charge in [0.05, 0.1) is 16.8 Å². The van der Waals surface area contributed by atoms with Crippen LogP contribution in [0.25, 0.3) is 0 Å². The van der Waals surface area contributed by atoms with Crippen LogP contribution in [0.15, 0.2) is 35.5 Å². The fourth-order valence-electron chi connectivity index (χ4n) is 1.84. The summed E-state index contributed by atoms with van der Waals surface area (Å²) in [6.45, 7) is 4.82. The number of benzene rings is 1. The minimum Gasteiger partial charge on any atom is -0.326 e. The Morgan fingerprint density at radius 1 is 1.40 bits per heavy atom. The molecule has 1 aromatic carbocycles. The summed E-state index contributed by atoms with van der Waals surface area (Å²) >= 11 is 0. The molecule has 108 valence electrons. The van der Waals surface area contributed by atoms with E-state index in [1.54, 1.807) is 29.1 Å². The maximum absolute atomic E-state index is 12.3. The highest BCUT2D eigenvalue weighted by atomic mass is 32.2. The normalized spacial score (nSPS) is 11.6. The lowest BCUT2D eigenvalue weighted by atomic mass is 10.1. The summed E-state index contributed by atoms with van der Waals surface area (Å²) < 4.78 is 28.7. The molecule has 0 unspecified atom stereocenters. The average molecular weight is 294 g/mol. The molecule has 6 nitrogen and oxygen atoms in total. The Bertz CT molecular complexity index is 707. The maximum atomic E-state index is 12.3. The highest BCUT2D eigenvalue weighted by Crippen LogP contribution is 2.18. The Balaban J connectivity index is 2.30. The van der Waals surface area contributed by atoms with E-state index in [2.05, 4.69) is 9.82 Å². The van der Waals surface area contributed by atoms with E-state index in [4.69, 9.17) is 5.73 Å². The highest BCUT2D eigenvalue weighted by Gasteiger charge is 2.16. The third kappa shape index (κ3) is 3.00. The van der Waals surface area contributed by atoms with Gasteiger partial charge in [-0.05, 0) is 37.1 Å². The summed E-state index contributed by atoms with van der Waals surface area (Å²) in [6, 6.07) is 4.93. The summed E-state index contributed by atoms with van der Waals surface area (Å²) in [5.41, 5.74) is 7.85. The van der Waals surface area contributed by atoms with Crippen LogP contribution >= 0.6 is 0 Å². The first-order valence-electron chi connectivity index (χ1n) is 6.31. The van der Waals surface area contributed by atoms with Crippen molar-refractivity contribution in [3.05, 3.63) is 41.7 Å². The lowest BCUT2D eigenvalue weighted by molar-refractivity contribution is 0.601. The Kier molecular flexibility index (Phi) is 4.10. The topological polar surface area (TPSA) is 90.0 Å². The number of nitrogens with two attached hydrogens (primary N) is 1. The van der Waals surface area contributed by atoms with Gasteiger partial charge in [-0.25, -0.2) is 8.42 Å². The summed E-state index contributed by atoms with van der Waals surface area (Å²) in [6.07, 6.45) is 3.13. The van der Waals surface area contributed by atoms with Crippen molar-refractivity contribution in [2.45, 2.75) is 31.8 Å². The van der Waals surface area contributed by atoms with Gasteiger partial charge in [0.25, 0.3) is 10.0 Å². The van der Waals surface area contributed by atoms with Gasteiger partial charge in [-0.1, -0.05) is 6.07 Å². The van der Waals surface area contributed by atoms with Crippen molar-refractivity contribution in [2.75, 3.05) is 4.72 Å². The predicted molar refractivity (Wildman–Crippen MR) is 77.8 cm³/mol. The van der Waals surface area contributed by atoms with Gasteiger partial charge in [0, 0.05) is 19.3 Å². The Labute approximate surface area is 118 Å². The molecule has 0 radical (unpaired) electrons. The predicted octanol–water partition coefficient (Wildman–Crippen LogP) is 1.47. The van der Waals surface area contributed by atoms with Crippen LogP contribution in [0.4, 0.5) is 5.69 Å². The molecule has 0 saturated heterocycles. The second-order valence-corrected chi connectivity index (χ2v) is 6.17. The number of sulfonamides is 1. The maximum Gasteiger partial charge on any atom is 0.262 e. The van der Waals surface area contributed by atoms with Crippen LogP contribution in [0.2, 0.25) is 0 Å². The van der Waals surface area contributed by atoms with Gasteiger partial charge in [-0.2, -0.15) is 5.10 Å². The molecule has 0 aliphatic carbocycles. The van der Waals surface area contributed by atoms with Gasteiger partial charge in [0.2, 0.25) is 0 Å². The zero-order chi connectivity index (χ0) is 14.8. The third-order valence-corrected chi connectivity index (χ3v) is 4.44. The zero-order valence-corrected chi connectivity index (χ0v) is 12.3. The fraction of sp³-hybridized carbons (Fsp3) is 0.308. The molecule has 0 amide bonds. The fourth-order valence-corrected chi connectivity index (χ4v) is 2.92. The first-order valence-corrected chi connectivity index (χ1v) is 7.79. The van der Waals surface area contributed by atoms with Crippen LogP contribution in [0.3, 0.4) is 0 Å². The lowest BCUT2D eigenvalue weighted by Crippen LogP contribution is -2.13. The van der Waals surface area contributed by atoms with E-state index in [-0.39, 0.29) is 4.90 Å². The summed E-state index contributed by atoms with van der Waals surface area (Å²) in [5.74, 6) is 0. The number of rotatable bonds is 5. The molecule has 1 heterocycles. The first-order chi connectivity index (χ1) is 9.46. The Morgan fingerprint density at radius 3 is 2.75 bits per heavy atom. The first kappa shape index (κ1) is 14.5. The number of aromatic nitrogens is 2. The number of hydrogen-bond donors (Lipinski definition) is 2. The van der Waals surface area contributed by atoms with Gasteiger partial charge in [-0.15, -0.1) is 0 Å². The highest BCUT2D eigenvalue weighted by molar-refractivity contribution is 7.92. The molecule has 0 saturated carbocycles. The van der Waals surface area contributed by atoms with Crippen LogP contribution in [0, 0.1) is 6.92 Å². The molecule has 0 atom stereocenters. The number of nitrogens with one attached hydrogen (secondary N) is 1. The van der Waals surface area contributed by atoms with Crippen molar-refractivity contribution >= 4 is 15.7 Å². The molecule has 0 aliphatic heterocycles. The summed E-state index contributed by atoms with van der Waals surface area (Å²) in [4.78, 5) is 0.202. The minimum atomic E-state index is -3.62. The van der Waals surface area contributed by atoms with E-state index in [9.17, 15) is 8.42 Å². The van der Waals surface area contributed by atoms with Gasteiger partial charge >= 0.3 is 0 Å². The SMILES string of the molecule is CCn1cc(NS(=O)(=O)c2ccc(C)c(CN)c2)cn1. The van der Waals surface area contributed by atoms with Gasteiger partial charge < -0.3 is 5.73 Å². The van der Waals surface area contributed by atoms with Gasteiger partial charge in [0.15, 0.2) is 0 Å². The smallest absolute Gasteiger partial charge is 0.262 e. The monoisotopic (exact) mass is 294 g/mol. The van der Waals surface area contributed by atoms with E-state index >= 15 is 0 Å². The molecule has 0 spiro atoms. The van der Waals surface area contributed by atoms with Gasteiger partial charge in [-0.3, -0.25) is 9.40 Å². The summed E-state index contributed by atoms with van der Waals surface area (Å²) in [7, 11) is -3.62. The van der Waals surface area contributed by atoms with Crippen LogP contribution in [-0.4, -0.2) is 18.2 Å². The Hall–Kier alpha value is -1.86. The summed E-state index contributed by atoms with van der Waals surface area (Å²) in [5, 5.41) is 4.03. The lowest BCUT2D eigenvalue weighted by Gasteiger charge is -2.09. The number of anilines is 1. The van der Waals surface area contributed by atoms with E-state index in [1.807, 2.05) is 13.8 Å².